The van der Waals surface area contributed by atoms with Crippen LogP contribution in [0.15, 0.2) is 122 Å². The number of halogens is 6. The summed E-state index contributed by atoms with van der Waals surface area (Å²) in [5, 5.41) is 15.5. The van der Waals surface area contributed by atoms with E-state index in [4.69, 9.17) is 21.1 Å². The number of alkyl halides is 6. The van der Waals surface area contributed by atoms with E-state index in [1.54, 1.807) is 61.6 Å². The van der Waals surface area contributed by atoms with Crippen LogP contribution in [0.3, 0.4) is 0 Å². The topological polar surface area (TPSA) is 185 Å². The number of anilines is 3. The highest BCUT2D eigenvalue weighted by Gasteiger charge is 2.34. The number of benzene rings is 4. The monoisotopic (exact) mass is 1100 g/mol. The zero-order valence-electron chi connectivity index (χ0n) is 45.3. The molecule has 6 aromatic rings. The molecule has 4 aromatic carbocycles. The summed E-state index contributed by atoms with van der Waals surface area (Å²) in [6.45, 7) is 4.10. The molecule has 2 amide bonds. The van der Waals surface area contributed by atoms with Crippen molar-refractivity contribution in [3.8, 4) is 11.4 Å². The number of ether oxygens (including phenoxy) is 2. The lowest BCUT2D eigenvalue weighted by Crippen LogP contribution is -2.42. The second-order valence-corrected chi connectivity index (χ2v) is 20.2. The predicted molar refractivity (Wildman–Crippen MR) is 291 cm³/mol. The molecule has 17 nitrogen and oxygen atoms in total. The summed E-state index contributed by atoms with van der Waals surface area (Å²) in [6.07, 6.45) is 0.625. The fourth-order valence-corrected chi connectivity index (χ4v) is 8.89. The van der Waals surface area contributed by atoms with Gasteiger partial charge in [-0.05, 0) is 132 Å². The van der Waals surface area contributed by atoms with E-state index in [9.17, 15) is 35.9 Å². The Balaban J connectivity index is 1.20. The molecule has 0 aliphatic carbocycles. The van der Waals surface area contributed by atoms with E-state index in [0.29, 0.717) is 76.0 Å². The third-order valence-corrected chi connectivity index (χ3v) is 12.8. The molecule has 2 aromatic heterocycles. The Labute approximate surface area is 454 Å². The lowest BCUT2D eigenvalue weighted by Gasteiger charge is -2.35. The third-order valence-electron chi connectivity index (χ3n) is 12.8. The molecule has 0 bridgehead atoms. The van der Waals surface area contributed by atoms with Crippen molar-refractivity contribution in [2.75, 3.05) is 91.8 Å². The molecule has 0 fully saturated rings. The summed E-state index contributed by atoms with van der Waals surface area (Å²) in [4.78, 5) is 37.5. The number of methoxy groups -OCH3 is 2. The number of nitrogens with zero attached hydrogens (tertiary/aromatic N) is 9. The Morgan fingerprint density at radius 2 is 1.39 bits per heavy atom. The summed E-state index contributed by atoms with van der Waals surface area (Å²) in [5.74, 6) is 6.51. The van der Waals surface area contributed by atoms with Gasteiger partial charge in [0, 0.05) is 72.2 Å². The number of nitrogens with two attached hydrogens (primary N) is 2. The molecule has 23 heteroatoms. The number of carbonyl (C=O) groups is 2. The largest absolute Gasteiger partial charge is 0.495 e. The first kappa shape index (κ1) is 58.6. The molecular weight excluding hydrogens is 1030 g/mol. The van der Waals surface area contributed by atoms with Crippen molar-refractivity contribution >= 4 is 40.1 Å². The van der Waals surface area contributed by atoms with Crippen LogP contribution in [-0.4, -0.2) is 127 Å². The van der Waals surface area contributed by atoms with Gasteiger partial charge in [0.05, 0.1) is 67.4 Å². The predicted octanol–water partition coefficient (Wildman–Crippen LogP) is 8.75. The van der Waals surface area contributed by atoms with Crippen LogP contribution in [0, 0.1) is 6.92 Å². The van der Waals surface area contributed by atoms with Gasteiger partial charge in [-0.25, -0.2) is 10.5 Å². The van der Waals surface area contributed by atoms with Gasteiger partial charge in [-0.2, -0.15) is 26.3 Å². The fraction of sp³-hybridized carbons (Fsp3) is 0.304. The minimum atomic E-state index is -4.68. The van der Waals surface area contributed by atoms with Crippen LogP contribution in [0.1, 0.15) is 65.4 Å². The normalized spacial score (nSPS) is 15.1. The Morgan fingerprint density at radius 3 is 1.99 bits per heavy atom. The average Bonchev–Trinajstić information content (AvgIpc) is 3.90. The SMILES string of the molecule is COC1=CC(c2cn(-c3cc(C(=O)Nc4cc(CN(C)C)cc(C(F)(F)F)c4)ccc3C)nn2)=C[N+](C)(Cc2ccc(C(=O)Nc3cc(CN(C)CCN(C)C)cc(C(F)(F)F)c3)cc2N(N)/C=C(\N)c2cncc(OC)c2)C1. The van der Waals surface area contributed by atoms with E-state index in [2.05, 4.69) is 25.9 Å². The lowest BCUT2D eigenvalue weighted by atomic mass is 10.0. The molecule has 1 aliphatic heterocycles. The standard InChI is InChI=1S/C56H63F6N13O4/c1-35-10-11-38(53(76)66-45-18-36(28-71(4)5)16-43(24-45)55(57,58)59)22-51(35)74-31-50(68-69-74)42-21-48(79-9)34-75(7,33-42)32-40-13-12-39(23-52(40)73(64)30-49(63)41-20-47(78-8)27-65-26-41)54(77)67-46-19-37(17-44(25-46)56(60,61)62)29-72(6)15-14-70(2)3/h10-13,16-27,30-31,33H,14-15,28-29,32,34,63-64H2,1-9H3,(H-,66,67,76,77)/p+1/b49-30-. The molecule has 0 radical (unpaired) electrons. The van der Waals surface area contributed by atoms with Crippen LogP contribution in [0.25, 0.3) is 17.0 Å². The maximum Gasteiger partial charge on any atom is 0.416 e. The van der Waals surface area contributed by atoms with Gasteiger partial charge in [0.2, 0.25) is 0 Å². The molecule has 418 valence electrons. The van der Waals surface area contributed by atoms with E-state index in [0.717, 1.165) is 29.8 Å². The van der Waals surface area contributed by atoms with E-state index in [-0.39, 0.29) is 52.3 Å². The first-order chi connectivity index (χ1) is 37.2. The van der Waals surface area contributed by atoms with Crippen LogP contribution in [0.5, 0.6) is 5.75 Å². The van der Waals surface area contributed by atoms with Gasteiger partial charge < -0.3 is 40.5 Å². The first-order valence-corrected chi connectivity index (χ1v) is 24.7. The van der Waals surface area contributed by atoms with Gasteiger partial charge in [0.25, 0.3) is 11.8 Å². The zero-order valence-corrected chi connectivity index (χ0v) is 45.3. The summed E-state index contributed by atoms with van der Waals surface area (Å²) in [6, 6.07) is 18.3. The number of hydrogen-bond acceptors (Lipinski definition) is 13. The number of rotatable bonds is 20. The molecule has 0 spiro atoms. The summed E-state index contributed by atoms with van der Waals surface area (Å²) in [5.41, 5.74) is 9.58. The van der Waals surface area contributed by atoms with Gasteiger partial charge >= 0.3 is 12.4 Å². The third kappa shape index (κ3) is 15.4. The number of hydrogen-bond donors (Lipinski definition) is 4. The number of allylic oxidation sites excluding steroid dienone is 2. The molecule has 1 atom stereocenters. The zero-order chi connectivity index (χ0) is 57.6. The number of nitrogens with one attached hydrogen (secondary N) is 2. The molecule has 1 unspecified atom stereocenters. The quantitative estimate of drug-likeness (QED) is 0.0247. The molecule has 3 heterocycles. The Bertz CT molecular complexity index is 3300. The smallest absolute Gasteiger partial charge is 0.416 e. The van der Waals surface area contributed by atoms with E-state index in [1.165, 1.54) is 60.7 Å². The summed E-state index contributed by atoms with van der Waals surface area (Å²) >= 11 is 0. The summed E-state index contributed by atoms with van der Waals surface area (Å²) < 4.78 is 97.2. The number of amides is 2. The van der Waals surface area contributed by atoms with Crippen molar-refractivity contribution in [2.45, 2.75) is 38.9 Å². The molecule has 0 saturated carbocycles. The minimum absolute atomic E-state index is 0.00912. The Morgan fingerprint density at radius 1 is 0.772 bits per heavy atom. The van der Waals surface area contributed by atoms with Crippen LogP contribution in [0.2, 0.25) is 0 Å². The molecule has 79 heavy (non-hydrogen) atoms. The first-order valence-electron chi connectivity index (χ1n) is 24.7. The maximum atomic E-state index is 14.3. The van der Waals surface area contributed by atoms with Crippen LogP contribution >= 0.6 is 0 Å². The Hall–Kier alpha value is -8.09. The van der Waals surface area contributed by atoms with E-state index < -0.39 is 35.3 Å². The van der Waals surface area contributed by atoms with Gasteiger partial charge in [0.15, 0.2) is 5.76 Å². The van der Waals surface area contributed by atoms with Gasteiger partial charge in [-0.3, -0.25) is 24.1 Å². The van der Waals surface area contributed by atoms with Crippen LogP contribution in [-0.2, 0) is 36.7 Å². The molecular formula is C56H64F6N13O4+. The van der Waals surface area contributed by atoms with Gasteiger partial charge in [-0.1, -0.05) is 17.3 Å². The highest BCUT2D eigenvalue weighted by molar-refractivity contribution is 6.05. The highest BCUT2D eigenvalue weighted by Crippen LogP contribution is 2.36. The Kier molecular flexibility index (Phi) is 18.0. The van der Waals surface area contributed by atoms with Crippen molar-refractivity contribution in [1.82, 2.24) is 34.7 Å². The minimum Gasteiger partial charge on any atom is -0.495 e. The molecule has 1 aliphatic rings. The number of carbonyl (C=O) groups excluding carboxylic acids is 2. The molecule has 7 rings (SSSR count). The van der Waals surface area contributed by atoms with Gasteiger partial charge in [0.1, 0.15) is 30.7 Å². The van der Waals surface area contributed by atoms with Crippen LogP contribution < -0.4 is 32.0 Å². The average molecular weight is 1100 g/mol. The van der Waals surface area contributed by atoms with Crippen molar-refractivity contribution in [3.05, 3.63) is 177 Å². The second kappa shape index (κ2) is 24.3. The van der Waals surface area contributed by atoms with Crippen molar-refractivity contribution < 1.29 is 49.9 Å². The number of likely N-dealkylation sites (N-methyl/N-ethyl adjacent to an activating group) is 3. The second-order valence-electron chi connectivity index (χ2n) is 20.2. The number of hydrazine groups is 1. The number of pyridine rings is 1. The molecule has 0 saturated heterocycles. The van der Waals surface area contributed by atoms with E-state index >= 15 is 0 Å². The fourth-order valence-electron chi connectivity index (χ4n) is 8.89. The van der Waals surface area contributed by atoms with Crippen molar-refractivity contribution in [3.63, 3.8) is 0 Å². The van der Waals surface area contributed by atoms with Gasteiger partial charge in [-0.15, -0.1) is 5.10 Å². The van der Waals surface area contributed by atoms with E-state index in [1.807, 2.05) is 57.2 Å². The number of aromatic nitrogens is 4. The van der Waals surface area contributed by atoms with Crippen molar-refractivity contribution in [1.29, 1.82) is 0 Å². The lowest BCUT2D eigenvalue weighted by molar-refractivity contribution is -0.869. The van der Waals surface area contributed by atoms with Crippen LogP contribution in [0.4, 0.5) is 43.4 Å². The maximum absolute atomic E-state index is 14.3. The highest BCUT2D eigenvalue weighted by atomic mass is 19.4. The number of quaternary nitrogens is 1. The number of aryl methyl sites for hydroxylation is 1. The van der Waals surface area contributed by atoms with Crippen molar-refractivity contribution in [2.24, 2.45) is 11.6 Å². The molecule has 6 N–H and O–H groups in total. The summed E-state index contributed by atoms with van der Waals surface area (Å²) in [7, 11) is 14.1.